The predicted octanol–water partition coefficient (Wildman–Crippen LogP) is 7.21. The van der Waals surface area contributed by atoms with Crippen LogP contribution in [0.3, 0.4) is 0 Å². The highest BCUT2D eigenvalue weighted by atomic mass is 35.5. The van der Waals surface area contributed by atoms with Gasteiger partial charge in [-0.2, -0.15) is 5.26 Å². The topological polar surface area (TPSA) is 153 Å². The van der Waals surface area contributed by atoms with Crippen molar-refractivity contribution in [2.45, 2.75) is 20.8 Å². The van der Waals surface area contributed by atoms with Gasteiger partial charge < -0.3 is 14.6 Å². The highest BCUT2D eigenvalue weighted by Crippen LogP contribution is 2.35. The summed E-state index contributed by atoms with van der Waals surface area (Å²) in [6, 6.07) is 18.7. The second kappa shape index (κ2) is 11.7. The summed E-state index contributed by atoms with van der Waals surface area (Å²) in [4.78, 5) is 33.8. The largest absolute Gasteiger partial charge is 0.450 e. The summed E-state index contributed by atoms with van der Waals surface area (Å²) < 4.78 is 7.56. The molecule has 1 amide bonds. The van der Waals surface area contributed by atoms with Crippen LogP contribution in [-0.2, 0) is 4.79 Å². The molecular formula is C29H22ClN5O6. The lowest BCUT2D eigenvalue weighted by molar-refractivity contribution is -0.394. The van der Waals surface area contributed by atoms with Gasteiger partial charge in [0.2, 0.25) is 5.75 Å². The fourth-order valence-corrected chi connectivity index (χ4v) is 4.36. The maximum Gasteiger partial charge on any atom is 0.318 e. The Morgan fingerprint density at radius 3 is 2.34 bits per heavy atom. The number of nitriles is 1. The molecule has 0 aliphatic carbocycles. The van der Waals surface area contributed by atoms with E-state index in [9.17, 15) is 30.3 Å². The van der Waals surface area contributed by atoms with Crippen LogP contribution in [0.2, 0.25) is 5.02 Å². The Kier molecular flexibility index (Phi) is 8.16. The van der Waals surface area contributed by atoms with Crippen LogP contribution in [0.15, 0.2) is 72.3 Å². The van der Waals surface area contributed by atoms with E-state index in [1.807, 2.05) is 37.5 Å². The number of hydrogen-bond acceptors (Lipinski definition) is 7. The number of carbonyl (C=O) groups is 1. The van der Waals surface area contributed by atoms with Gasteiger partial charge >= 0.3 is 5.69 Å². The molecular weight excluding hydrogens is 550 g/mol. The highest BCUT2D eigenvalue weighted by Gasteiger charge is 2.21. The molecule has 41 heavy (non-hydrogen) atoms. The molecule has 1 aromatic heterocycles. The van der Waals surface area contributed by atoms with Gasteiger partial charge in [-0.1, -0.05) is 17.7 Å². The average Bonchev–Trinajstić information content (AvgIpc) is 3.21. The number of non-ortho nitro benzene ring substituents is 1. The molecule has 11 nitrogen and oxygen atoms in total. The Labute approximate surface area is 239 Å². The monoisotopic (exact) mass is 571 g/mol. The number of rotatable bonds is 8. The molecule has 0 unspecified atom stereocenters. The van der Waals surface area contributed by atoms with Crippen molar-refractivity contribution in [2.24, 2.45) is 0 Å². The summed E-state index contributed by atoms with van der Waals surface area (Å²) in [6.07, 6.45) is 1.51. The Bertz CT molecular complexity index is 1770. The van der Waals surface area contributed by atoms with Crippen molar-refractivity contribution in [3.05, 3.63) is 120 Å². The summed E-state index contributed by atoms with van der Waals surface area (Å²) >= 11 is 6.04. The van der Waals surface area contributed by atoms with Gasteiger partial charge in [0.05, 0.1) is 15.9 Å². The number of nitrogens with zero attached hydrogens (tertiary/aromatic N) is 4. The molecule has 0 fully saturated rings. The second-order valence-electron chi connectivity index (χ2n) is 9.01. The summed E-state index contributed by atoms with van der Waals surface area (Å²) in [5.41, 5.74) is 3.28. The number of aromatic nitrogens is 1. The lowest BCUT2D eigenvalue weighted by Gasteiger charge is -2.11. The lowest BCUT2D eigenvalue weighted by Crippen LogP contribution is -2.14. The molecule has 0 atom stereocenters. The molecule has 4 rings (SSSR count). The number of ether oxygens (including phenoxy) is 1. The number of nitro benzene ring substituents is 2. The minimum Gasteiger partial charge on any atom is -0.450 e. The van der Waals surface area contributed by atoms with Crippen LogP contribution >= 0.6 is 11.6 Å². The lowest BCUT2D eigenvalue weighted by atomic mass is 10.1. The maximum absolute atomic E-state index is 12.8. The van der Waals surface area contributed by atoms with E-state index in [-0.39, 0.29) is 17.1 Å². The molecule has 0 radical (unpaired) electrons. The first-order chi connectivity index (χ1) is 19.5. The van der Waals surface area contributed by atoms with Crippen molar-refractivity contribution in [1.82, 2.24) is 4.57 Å². The molecule has 1 heterocycles. The number of hydrogen-bond donors (Lipinski definition) is 1. The van der Waals surface area contributed by atoms with Crippen molar-refractivity contribution < 1.29 is 19.4 Å². The number of halogens is 1. The van der Waals surface area contributed by atoms with Crippen molar-refractivity contribution in [3.8, 4) is 23.3 Å². The highest BCUT2D eigenvalue weighted by molar-refractivity contribution is 6.31. The molecule has 1 N–H and O–H groups in total. The van der Waals surface area contributed by atoms with Gasteiger partial charge in [0, 0.05) is 33.9 Å². The summed E-state index contributed by atoms with van der Waals surface area (Å²) in [5, 5.41) is 35.3. The minimum absolute atomic E-state index is 0.0851. The zero-order chi connectivity index (χ0) is 29.8. The summed E-state index contributed by atoms with van der Waals surface area (Å²) in [6.45, 7) is 5.53. The molecule has 206 valence electrons. The van der Waals surface area contributed by atoms with Gasteiger partial charge in [-0.15, -0.1) is 0 Å². The third-order valence-corrected chi connectivity index (χ3v) is 6.49. The van der Waals surface area contributed by atoms with Crippen LogP contribution in [0.4, 0.5) is 17.1 Å². The van der Waals surface area contributed by atoms with Crippen molar-refractivity contribution in [3.63, 3.8) is 0 Å². The fourth-order valence-electron chi connectivity index (χ4n) is 4.19. The Hall–Kier alpha value is -5.47. The van der Waals surface area contributed by atoms with Crippen LogP contribution in [0.5, 0.6) is 11.5 Å². The van der Waals surface area contributed by atoms with E-state index in [1.54, 1.807) is 42.5 Å². The van der Waals surface area contributed by atoms with Crippen LogP contribution in [0, 0.1) is 52.3 Å². The van der Waals surface area contributed by atoms with E-state index >= 15 is 0 Å². The van der Waals surface area contributed by atoms with E-state index in [4.69, 9.17) is 16.3 Å². The van der Waals surface area contributed by atoms with E-state index in [2.05, 4.69) is 5.32 Å². The molecule has 0 aliphatic heterocycles. The van der Waals surface area contributed by atoms with Crippen molar-refractivity contribution in [2.75, 3.05) is 5.32 Å². The minimum atomic E-state index is -0.746. The number of nitrogens with one attached hydrogen (secondary N) is 1. The molecule has 4 aromatic rings. The SMILES string of the molecule is Cc1ccc(Cl)cc1NC(=O)/C(C#N)=C\c1cc(C)n(-c2ccc(Oc3ccc([N+](=O)[O-])cc3[N+](=O)[O-])cc2)c1C. The number of anilines is 1. The Morgan fingerprint density at radius 1 is 1.00 bits per heavy atom. The summed E-state index contributed by atoms with van der Waals surface area (Å²) in [5.74, 6) is -0.415. The smallest absolute Gasteiger partial charge is 0.318 e. The number of aryl methyl sites for hydroxylation is 2. The average molecular weight is 572 g/mol. The zero-order valence-electron chi connectivity index (χ0n) is 22.0. The molecule has 0 spiro atoms. The van der Waals surface area contributed by atoms with Crippen LogP contribution in [-0.4, -0.2) is 20.3 Å². The van der Waals surface area contributed by atoms with E-state index in [0.29, 0.717) is 16.3 Å². The normalized spacial score (nSPS) is 11.0. The number of carbonyl (C=O) groups excluding carboxylic acids is 1. The fraction of sp³-hybridized carbons (Fsp3) is 0.103. The molecule has 12 heteroatoms. The van der Waals surface area contributed by atoms with Gasteiger partial charge in [0.25, 0.3) is 11.6 Å². The van der Waals surface area contributed by atoms with Crippen molar-refractivity contribution in [1.29, 1.82) is 5.26 Å². The van der Waals surface area contributed by atoms with Crippen LogP contribution in [0.1, 0.15) is 22.5 Å². The van der Waals surface area contributed by atoms with Gasteiger partial charge in [-0.25, -0.2) is 0 Å². The molecule has 0 saturated carbocycles. The van der Waals surface area contributed by atoms with Gasteiger partial charge in [0.15, 0.2) is 0 Å². The number of benzene rings is 3. The van der Waals surface area contributed by atoms with Crippen LogP contribution in [0.25, 0.3) is 11.8 Å². The van der Waals surface area contributed by atoms with E-state index in [1.165, 1.54) is 12.1 Å². The number of amides is 1. The zero-order valence-corrected chi connectivity index (χ0v) is 22.8. The molecule has 0 bridgehead atoms. The van der Waals surface area contributed by atoms with Gasteiger partial charge in [0.1, 0.15) is 17.4 Å². The molecule has 0 aliphatic rings. The maximum atomic E-state index is 12.8. The quantitative estimate of drug-likeness (QED) is 0.101. The Balaban J connectivity index is 1.58. The van der Waals surface area contributed by atoms with Gasteiger partial charge in [-0.05, 0) is 86.5 Å². The van der Waals surface area contributed by atoms with Gasteiger partial charge in [-0.3, -0.25) is 25.0 Å². The molecule has 0 saturated heterocycles. The third-order valence-electron chi connectivity index (χ3n) is 6.26. The van der Waals surface area contributed by atoms with Crippen LogP contribution < -0.4 is 10.1 Å². The second-order valence-corrected chi connectivity index (χ2v) is 9.44. The van der Waals surface area contributed by atoms with E-state index in [0.717, 1.165) is 34.8 Å². The third kappa shape index (κ3) is 6.24. The standard InChI is InChI=1S/C29H22ClN5O6/c1-17-4-5-22(30)14-26(17)32-29(36)21(16-31)13-20-12-18(2)33(19(20)3)23-6-9-25(10-7-23)41-28-11-8-24(34(37)38)15-27(28)35(39)40/h4-15H,1-3H3,(H,32,36)/b21-13-. The number of nitro groups is 2. The Morgan fingerprint density at radius 2 is 1.71 bits per heavy atom. The predicted molar refractivity (Wildman–Crippen MR) is 153 cm³/mol. The summed E-state index contributed by atoms with van der Waals surface area (Å²) in [7, 11) is 0. The first-order valence-electron chi connectivity index (χ1n) is 12.1. The first kappa shape index (κ1) is 28.5. The van der Waals surface area contributed by atoms with E-state index < -0.39 is 27.1 Å². The molecule has 3 aromatic carbocycles. The first-order valence-corrected chi connectivity index (χ1v) is 12.5. The van der Waals surface area contributed by atoms with Crippen molar-refractivity contribution >= 4 is 40.6 Å².